The molecule has 0 spiro atoms. The highest BCUT2D eigenvalue weighted by Gasteiger charge is 2.10. The first-order valence-electron chi connectivity index (χ1n) is 11.6. The molecule has 0 unspecified atom stereocenters. The lowest BCUT2D eigenvalue weighted by Gasteiger charge is -2.26. The minimum Gasteiger partial charge on any atom is -0.489 e. The van der Waals surface area contributed by atoms with Crippen LogP contribution < -0.4 is 10.1 Å². The number of rotatable bonds is 9. The van der Waals surface area contributed by atoms with Crippen molar-refractivity contribution in [3.63, 3.8) is 0 Å². The Morgan fingerprint density at radius 1 is 0.781 bits per heavy atom. The number of benzene rings is 3. The third-order valence-corrected chi connectivity index (χ3v) is 5.94. The van der Waals surface area contributed by atoms with Gasteiger partial charge in [0, 0.05) is 18.7 Å². The second-order valence-corrected chi connectivity index (χ2v) is 8.46. The van der Waals surface area contributed by atoms with Gasteiger partial charge in [0.25, 0.3) is 5.91 Å². The van der Waals surface area contributed by atoms with Crippen molar-refractivity contribution in [2.45, 2.75) is 38.8 Å². The Morgan fingerprint density at radius 3 is 2.19 bits per heavy atom. The van der Waals surface area contributed by atoms with Crippen LogP contribution in [-0.2, 0) is 19.6 Å². The Hall–Kier alpha value is -3.11. The number of ether oxygens (including phenoxy) is 1. The number of piperidine rings is 1. The molecule has 1 aliphatic heterocycles. The highest BCUT2D eigenvalue weighted by Crippen LogP contribution is 2.15. The van der Waals surface area contributed by atoms with E-state index in [0.29, 0.717) is 18.7 Å². The van der Waals surface area contributed by atoms with Gasteiger partial charge in [-0.2, -0.15) is 0 Å². The van der Waals surface area contributed by atoms with Crippen LogP contribution in [0, 0.1) is 0 Å². The van der Waals surface area contributed by atoms with Crippen molar-refractivity contribution < 1.29 is 9.53 Å². The molecule has 0 atom stereocenters. The summed E-state index contributed by atoms with van der Waals surface area (Å²) in [7, 11) is 0. The van der Waals surface area contributed by atoms with E-state index >= 15 is 0 Å². The van der Waals surface area contributed by atoms with Crippen molar-refractivity contribution in [3.8, 4) is 5.75 Å². The zero-order valence-electron chi connectivity index (χ0n) is 18.6. The molecule has 0 saturated carbocycles. The molecular weight excluding hydrogens is 396 g/mol. The molecule has 3 aromatic carbocycles. The van der Waals surface area contributed by atoms with E-state index in [0.717, 1.165) is 24.3 Å². The second kappa shape index (κ2) is 11.5. The van der Waals surface area contributed by atoms with E-state index < -0.39 is 0 Å². The number of carbonyl (C=O) groups is 1. The van der Waals surface area contributed by atoms with E-state index in [1.165, 1.54) is 43.5 Å². The van der Waals surface area contributed by atoms with Crippen molar-refractivity contribution in [3.05, 3.63) is 101 Å². The van der Waals surface area contributed by atoms with E-state index in [9.17, 15) is 4.79 Å². The maximum absolute atomic E-state index is 12.4. The molecule has 4 rings (SSSR count). The summed E-state index contributed by atoms with van der Waals surface area (Å²) in [6.45, 7) is 4.61. The zero-order valence-corrected chi connectivity index (χ0v) is 18.6. The van der Waals surface area contributed by atoms with Crippen LogP contribution in [0.1, 0.15) is 46.3 Å². The monoisotopic (exact) mass is 428 g/mol. The van der Waals surface area contributed by atoms with Gasteiger partial charge in [-0.25, -0.2) is 0 Å². The van der Waals surface area contributed by atoms with Gasteiger partial charge < -0.3 is 10.1 Å². The smallest absolute Gasteiger partial charge is 0.251 e. The van der Waals surface area contributed by atoms with Gasteiger partial charge >= 0.3 is 0 Å². The molecule has 1 saturated heterocycles. The van der Waals surface area contributed by atoms with Gasteiger partial charge in [0.1, 0.15) is 12.4 Å². The Balaban J connectivity index is 1.19. The third-order valence-electron chi connectivity index (χ3n) is 5.94. The number of hydrogen-bond donors (Lipinski definition) is 1. The van der Waals surface area contributed by atoms with Crippen LogP contribution in [0.3, 0.4) is 0 Å². The van der Waals surface area contributed by atoms with E-state index in [1.807, 2.05) is 54.6 Å². The summed E-state index contributed by atoms with van der Waals surface area (Å²) in [4.78, 5) is 15.0. The van der Waals surface area contributed by atoms with Crippen LogP contribution in [0.4, 0.5) is 0 Å². The lowest BCUT2D eigenvalue weighted by molar-refractivity contribution is 0.0954. The zero-order chi connectivity index (χ0) is 22.0. The van der Waals surface area contributed by atoms with Crippen molar-refractivity contribution in [1.29, 1.82) is 0 Å². The van der Waals surface area contributed by atoms with Gasteiger partial charge in [0.15, 0.2) is 0 Å². The fourth-order valence-corrected chi connectivity index (χ4v) is 4.05. The summed E-state index contributed by atoms with van der Waals surface area (Å²) in [5.74, 6) is 0.705. The number of nitrogens with one attached hydrogen (secondary N) is 1. The summed E-state index contributed by atoms with van der Waals surface area (Å²) < 4.78 is 5.79. The standard InChI is InChI=1S/C28H32N2O2/c31-28(26-13-15-27(16-14-26)32-22-25-7-3-1-4-8-25)29-18-17-23-9-11-24(12-10-23)21-30-19-5-2-6-20-30/h1,3-4,7-16H,2,5-6,17-22H2,(H,29,31). The average molecular weight is 429 g/mol. The lowest BCUT2D eigenvalue weighted by atomic mass is 10.1. The first kappa shape index (κ1) is 22.1. The van der Waals surface area contributed by atoms with Crippen LogP contribution in [0.25, 0.3) is 0 Å². The van der Waals surface area contributed by atoms with Crippen LogP contribution in [-0.4, -0.2) is 30.4 Å². The summed E-state index contributed by atoms with van der Waals surface area (Å²) in [6, 6.07) is 26.2. The van der Waals surface area contributed by atoms with Gasteiger partial charge in [-0.1, -0.05) is 61.0 Å². The molecular formula is C28H32N2O2. The van der Waals surface area contributed by atoms with E-state index in [4.69, 9.17) is 4.74 Å². The molecule has 166 valence electrons. The molecule has 3 aromatic rings. The summed E-state index contributed by atoms with van der Waals surface area (Å²) >= 11 is 0. The van der Waals surface area contributed by atoms with Crippen molar-refractivity contribution in [1.82, 2.24) is 10.2 Å². The van der Waals surface area contributed by atoms with Crippen LogP contribution >= 0.6 is 0 Å². The quantitative estimate of drug-likeness (QED) is 0.508. The molecule has 1 fully saturated rings. The SMILES string of the molecule is O=C(NCCc1ccc(CN2CCCCC2)cc1)c1ccc(OCc2ccccc2)cc1. The number of likely N-dealkylation sites (tertiary alicyclic amines) is 1. The number of nitrogens with zero attached hydrogens (tertiary/aromatic N) is 1. The summed E-state index contributed by atoms with van der Waals surface area (Å²) in [6.07, 6.45) is 4.84. The molecule has 0 aliphatic carbocycles. The highest BCUT2D eigenvalue weighted by molar-refractivity contribution is 5.94. The van der Waals surface area contributed by atoms with Crippen LogP contribution in [0.5, 0.6) is 5.75 Å². The molecule has 4 nitrogen and oxygen atoms in total. The molecule has 1 amide bonds. The Bertz CT molecular complexity index is 963. The summed E-state index contributed by atoms with van der Waals surface area (Å²) in [5.41, 5.74) is 4.38. The third kappa shape index (κ3) is 6.69. The maximum Gasteiger partial charge on any atom is 0.251 e. The lowest BCUT2D eigenvalue weighted by Crippen LogP contribution is -2.29. The Kier molecular flexibility index (Phi) is 7.94. The topological polar surface area (TPSA) is 41.6 Å². The van der Waals surface area contributed by atoms with Gasteiger partial charge in [0.05, 0.1) is 0 Å². The number of amides is 1. The Labute approximate surface area is 191 Å². The van der Waals surface area contributed by atoms with Crippen LogP contribution in [0.2, 0.25) is 0 Å². The maximum atomic E-state index is 12.4. The highest BCUT2D eigenvalue weighted by atomic mass is 16.5. The van der Waals surface area contributed by atoms with Crippen LogP contribution in [0.15, 0.2) is 78.9 Å². The first-order valence-corrected chi connectivity index (χ1v) is 11.6. The van der Waals surface area contributed by atoms with Gasteiger partial charge in [-0.3, -0.25) is 9.69 Å². The van der Waals surface area contributed by atoms with Gasteiger partial charge in [0.2, 0.25) is 0 Å². The fourth-order valence-electron chi connectivity index (χ4n) is 4.05. The molecule has 1 N–H and O–H groups in total. The number of hydrogen-bond acceptors (Lipinski definition) is 3. The largest absolute Gasteiger partial charge is 0.489 e. The van der Waals surface area contributed by atoms with Gasteiger partial charge in [-0.05, 0) is 73.3 Å². The second-order valence-electron chi connectivity index (χ2n) is 8.46. The molecule has 1 aliphatic rings. The molecule has 0 bridgehead atoms. The molecule has 32 heavy (non-hydrogen) atoms. The van der Waals surface area contributed by atoms with Crippen molar-refractivity contribution in [2.24, 2.45) is 0 Å². The predicted molar refractivity (Wildman–Crippen MR) is 129 cm³/mol. The molecule has 0 aromatic heterocycles. The minimum absolute atomic E-state index is 0.0543. The molecule has 1 heterocycles. The normalized spacial score (nSPS) is 14.1. The minimum atomic E-state index is -0.0543. The van der Waals surface area contributed by atoms with Crippen molar-refractivity contribution >= 4 is 5.91 Å². The first-order chi connectivity index (χ1) is 15.8. The molecule has 0 radical (unpaired) electrons. The Morgan fingerprint density at radius 2 is 1.47 bits per heavy atom. The number of carbonyl (C=O) groups excluding carboxylic acids is 1. The van der Waals surface area contributed by atoms with Crippen molar-refractivity contribution in [2.75, 3.05) is 19.6 Å². The predicted octanol–water partition coefficient (Wildman–Crippen LogP) is 5.22. The van der Waals surface area contributed by atoms with E-state index in [1.54, 1.807) is 0 Å². The fraction of sp³-hybridized carbons (Fsp3) is 0.321. The molecule has 4 heteroatoms. The van der Waals surface area contributed by atoms with E-state index in [-0.39, 0.29) is 5.91 Å². The average Bonchev–Trinajstić information content (AvgIpc) is 2.85. The van der Waals surface area contributed by atoms with Gasteiger partial charge in [-0.15, -0.1) is 0 Å². The van der Waals surface area contributed by atoms with E-state index in [2.05, 4.69) is 34.5 Å². The summed E-state index contributed by atoms with van der Waals surface area (Å²) in [5, 5.41) is 3.02.